The lowest BCUT2D eigenvalue weighted by molar-refractivity contribution is -0.150. The van der Waals surface area contributed by atoms with E-state index in [2.05, 4.69) is 5.32 Å². The summed E-state index contributed by atoms with van der Waals surface area (Å²) in [7, 11) is 1.37. The second kappa shape index (κ2) is 5.83. The number of aliphatic carboxylic acids is 1. The van der Waals surface area contributed by atoms with E-state index in [1.54, 1.807) is 6.07 Å². The third kappa shape index (κ3) is 3.75. The molecule has 6 heteroatoms. The molecular formula is C11H12FNO4. The molecule has 1 rings (SSSR count). The number of carbonyl (C=O) groups excluding carboxylic acids is 1. The number of rotatable bonds is 4. The van der Waals surface area contributed by atoms with Crippen molar-refractivity contribution >= 4 is 11.9 Å². The standard InChI is InChI=1S/C11H12FNO4/c1-17-9-3-2-7(6-8(9)12)4-5-13-10(14)11(15)16/h2-3,6H,4-5H2,1H3,(H,13,14)(H,15,16). The van der Waals surface area contributed by atoms with Gasteiger partial charge < -0.3 is 15.2 Å². The molecule has 0 aliphatic heterocycles. The highest BCUT2D eigenvalue weighted by atomic mass is 19.1. The number of hydrogen-bond acceptors (Lipinski definition) is 3. The fraction of sp³-hybridized carbons (Fsp3) is 0.273. The molecule has 0 aromatic heterocycles. The summed E-state index contributed by atoms with van der Waals surface area (Å²) in [4.78, 5) is 20.9. The molecule has 92 valence electrons. The Morgan fingerprint density at radius 3 is 2.71 bits per heavy atom. The van der Waals surface area contributed by atoms with Crippen LogP contribution >= 0.6 is 0 Å². The minimum atomic E-state index is -1.54. The van der Waals surface area contributed by atoms with Crippen molar-refractivity contribution in [1.29, 1.82) is 0 Å². The first-order valence-corrected chi connectivity index (χ1v) is 4.88. The number of carbonyl (C=O) groups is 2. The maximum Gasteiger partial charge on any atom is 0.394 e. The number of hydrogen-bond donors (Lipinski definition) is 2. The Hall–Kier alpha value is -2.11. The minimum Gasteiger partial charge on any atom is -0.494 e. The topological polar surface area (TPSA) is 75.6 Å². The van der Waals surface area contributed by atoms with Crippen LogP contribution in [0, 0.1) is 5.82 Å². The van der Waals surface area contributed by atoms with Crippen molar-refractivity contribution in [2.45, 2.75) is 6.42 Å². The Morgan fingerprint density at radius 2 is 2.18 bits per heavy atom. The number of carboxylic acids is 1. The van der Waals surface area contributed by atoms with E-state index >= 15 is 0 Å². The zero-order valence-corrected chi connectivity index (χ0v) is 9.20. The summed E-state index contributed by atoms with van der Waals surface area (Å²) >= 11 is 0. The van der Waals surface area contributed by atoms with Crippen molar-refractivity contribution < 1.29 is 23.8 Å². The number of nitrogens with one attached hydrogen (secondary N) is 1. The van der Waals surface area contributed by atoms with Gasteiger partial charge in [0, 0.05) is 6.54 Å². The van der Waals surface area contributed by atoms with E-state index in [9.17, 15) is 14.0 Å². The third-order valence-corrected chi connectivity index (χ3v) is 2.11. The predicted octanol–water partition coefficient (Wildman–Crippen LogP) is 0.578. The van der Waals surface area contributed by atoms with Gasteiger partial charge in [-0.05, 0) is 24.1 Å². The lowest BCUT2D eigenvalue weighted by Gasteiger charge is -2.05. The molecule has 0 fully saturated rings. The van der Waals surface area contributed by atoms with E-state index in [0.717, 1.165) is 0 Å². The maximum absolute atomic E-state index is 13.3. The van der Waals surface area contributed by atoms with Crippen molar-refractivity contribution in [2.75, 3.05) is 13.7 Å². The lowest BCUT2D eigenvalue weighted by Crippen LogP contribution is -2.32. The zero-order valence-electron chi connectivity index (χ0n) is 9.20. The molecule has 0 spiro atoms. The van der Waals surface area contributed by atoms with Gasteiger partial charge in [-0.1, -0.05) is 6.07 Å². The van der Waals surface area contributed by atoms with Gasteiger partial charge in [0.2, 0.25) is 0 Å². The molecule has 17 heavy (non-hydrogen) atoms. The summed E-state index contributed by atoms with van der Waals surface area (Å²) in [6, 6.07) is 4.41. The molecule has 0 radical (unpaired) electrons. The second-order valence-corrected chi connectivity index (χ2v) is 3.28. The van der Waals surface area contributed by atoms with E-state index in [1.165, 1.54) is 19.2 Å². The molecule has 0 saturated heterocycles. The molecule has 0 saturated carbocycles. The zero-order chi connectivity index (χ0) is 12.8. The fourth-order valence-electron chi connectivity index (χ4n) is 1.26. The summed E-state index contributed by atoms with van der Waals surface area (Å²) in [5, 5.41) is 10.5. The molecule has 0 aliphatic carbocycles. The van der Waals surface area contributed by atoms with Crippen LogP contribution in [-0.4, -0.2) is 30.6 Å². The van der Waals surface area contributed by atoms with Crippen LogP contribution in [0.2, 0.25) is 0 Å². The van der Waals surface area contributed by atoms with Crippen molar-refractivity contribution in [1.82, 2.24) is 5.32 Å². The van der Waals surface area contributed by atoms with Crippen LogP contribution in [0.1, 0.15) is 5.56 Å². The van der Waals surface area contributed by atoms with Crippen LogP contribution in [0.4, 0.5) is 4.39 Å². The number of amides is 1. The van der Waals surface area contributed by atoms with Gasteiger partial charge in [-0.3, -0.25) is 4.79 Å². The monoisotopic (exact) mass is 241 g/mol. The third-order valence-electron chi connectivity index (χ3n) is 2.11. The first-order valence-electron chi connectivity index (χ1n) is 4.88. The second-order valence-electron chi connectivity index (χ2n) is 3.28. The van der Waals surface area contributed by atoms with Gasteiger partial charge in [0.05, 0.1) is 7.11 Å². The highest BCUT2D eigenvalue weighted by Crippen LogP contribution is 2.17. The van der Waals surface area contributed by atoms with Crippen molar-refractivity contribution in [3.63, 3.8) is 0 Å². The average molecular weight is 241 g/mol. The first kappa shape index (κ1) is 13.0. The lowest BCUT2D eigenvalue weighted by atomic mass is 10.1. The predicted molar refractivity (Wildman–Crippen MR) is 57.3 cm³/mol. The summed E-state index contributed by atoms with van der Waals surface area (Å²) < 4.78 is 18.0. The average Bonchev–Trinajstić information content (AvgIpc) is 2.29. The van der Waals surface area contributed by atoms with Crippen molar-refractivity contribution in [3.05, 3.63) is 29.6 Å². The Labute approximate surface area is 97.2 Å². The maximum atomic E-state index is 13.3. The van der Waals surface area contributed by atoms with Crippen LogP contribution in [-0.2, 0) is 16.0 Å². The van der Waals surface area contributed by atoms with Crippen molar-refractivity contribution in [3.8, 4) is 5.75 Å². The van der Waals surface area contributed by atoms with Gasteiger partial charge in [0.15, 0.2) is 11.6 Å². The Balaban J connectivity index is 2.50. The first-order chi connectivity index (χ1) is 8.04. The van der Waals surface area contributed by atoms with Crippen LogP contribution in [0.3, 0.4) is 0 Å². The van der Waals surface area contributed by atoms with E-state index in [4.69, 9.17) is 9.84 Å². The minimum absolute atomic E-state index is 0.136. The molecule has 1 aromatic rings. The molecule has 0 atom stereocenters. The van der Waals surface area contributed by atoms with Gasteiger partial charge in [-0.15, -0.1) is 0 Å². The van der Waals surface area contributed by atoms with E-state index in [0.29, 0.717) is 12.0 Å². The molecular weight excluding hydrogens is 229 g/mol. The number of ether oxygens (including phenoxy) is 1. The Morgan fingerprint density at radius 1 is 1.47 bits per heavy atom. The SMILES string of the molecule is COc1ccc(CCNC(=O)C(=O)O)cc1F. The number of carboxylic acid groups (broad SMARTS) is 1. The van der Waals surface area contributed by atoms with Crippen LogP contribution in [0.25, 0.3) is 0 Å². The van der Waals surface area contributed by atoms with Crippen LogP contribution in [0.5, 0.6) is 5.75 Å². The highest BCUT2D eigenvalue weighted by molar-refractivity contribution is 6.31. The summed E-state index contributed by atoms with van der Waals surface area (Å²) in [5.74, 6) is -2.96. The van der Waals surface area contributed by atoms with E-state index in [-0.39, 0.29) is 12.3 Å². The smallest absolute Gasteiger partial charge is 0.394 e. The molecule has 2 N–H and O–H groups in total. The summed E-state index contributed by atoms with van der Waals surface area (Å²) in [5.41, 5.74) is 0.647. The molecule has 0 bridgehead atoms. The van der Waals surface area contributed by atoms with E-state index in [1.807, 2.05) is 0 Å². The normalized spacial score (nSPS) is 9.76. The quantitative estimate of drug-likeness (QED) is 0.756. The number of halogens is 1. The molecule has 1 amide bonds. The number of benzene rings is 1. The van der Waals surface area contributed by atoms with Gasteiger partial charge >= 0.3 is 11.9 Å². The highest BCUT2D eigenvalue weighted by Gasteiger charge is 2.09. The van der Waals surface area contributed by atoms with Crippen LogP contribution < -0.4 is 10.1 Å². The van der Waals surface area contributed by atoms with Gasteiger partial charge in [0.25, 0.3) is 0 Å². The number of methoxy groups -OCH3 is 1. The largest absolute Gasteiger partial charge is 0.494 e. The molecule has 0 aliphatic rings. The molecule has 0 unspecified atom stereocenters. The molecule has 5 nitrogen and oxygen atoms in total. The molecule has 0 heterocycles. The summed E-state index contributed by atoms with van der Waals surface area (Å²) in [6.45, 7) is 0.136. The Bertz CT molecular complexity index is 433. The van der Waals surface area contributed by atoms with Gasteiger partial charge in [0.1, 0.15) is 0 Å². The van der Waals surface area contributed by atoms with Crippen LogP contribution in [0.15, 0.2) is 18.2 Å². The fourth-order valence-corrected chi connectivity index (χ4v) is 1.26. The summed E-state index contributed by atoms with van der Waals surface area (Å²) in [6.07, 6.45) is 0.347. The van der Waals surface area contributed by atoms with Gasteiger partial charge in [-0.2, -0.15) is 0 Å². The molecule has 1 aromatic carbocycles. The van der Waals surface area contributed by atoms with Crippen molar-refractivity contribution in [2.24, 2.45) is 0 Å². The van der Waals surface area contributed by atoms with E-state index < -0.39 is 17.7 Å². The van der Waals surface area contributed by atoms with Gasteiger partial charge in [-0.25, -0.2) is 9.18 Å². The Kier molecular flexibility index (Phi) is 4.45.